The number of aromatic nitrogens is 2. The average Bonchev–Trinajstić information content (AvgIpc) is 2.81. The summed E-state index contributed by atoms with van der Waals surface area (Å²) in [5, 5.41) is 13.2. The number of carbonyl (C=O) groups is 1. The molecular formula is C13H22N4O. The second kappa shape index (κ2) is 6.54. The summed E-state index contributed by atoms with van der Waals surface area (Å²) in [6, 6.07) is 0. The van der Waals surface area contributed by atoms with Crippen LogP contribution in [0.5, 0.6) is 0 Å². The summed E-state index contributed by atoms with van der Waals surface area (Å²) in [6.45, 7) is 4.64. The molecule has 1 amide bonds. The predicted octanol–water partition coefficient (Wildman–Crippen LogP) is 0.767. The normalized spacial score (nSPS) is 19.7. The first-order valence-electron chi connectivity index (χ1n) is 6.74. The van der Waals surface area contributed by atoms with E-state index in [1.54, 1.807) is 0 Å². The maximum atomic E-state index is 11.9. The van der Waals surface area contributed by atoms with Crippen LogP contribution in [-0.2, 0) is 11.2 Å². The van der Waals surface area contributed by atoms with Gasteiger partial charge in [-0.15, -0.1) is 0 Å². The molecule has 0 aromatic carbocycles. The molecule has 3 N–H and O–H groups in total. The van der Waals surface area contributed by atoms with Gasteiger partial charge in [-0.25, -0.2) is 0 Å². The maximum absolute atomic E-state index is 11.9. The van der Waals surface area contributed by atoms with Crippen LogP contribution in [0.4, 0.5) is 0 Å². The predicted molar refractivity (Wildman–Crippen MR) is 70.2 cm³/mol. The Morgan fingerprint density at radius 2 is 2.50 bits per heavy atom. The Balaban J connectivity index is 1.63. The molecule has 5 nitrogen and oxygen atoms in total. The summed E-state index contributed by atoms with van der Waals surface area (Å²) < 4.78 is 0. The zero-order chi connectivity index (χ0) is 12.8. The van der Waals surface area contributed by atoms with E-state index in [0.717, 1.165) is 51.0 Å². The molecule has 1 aliphatic heterocycles. The van der Waals surface area contributed by atoms with E-state index in [1.165, 1.54) is 5.56 Å². The molecule has 0 spiro atoms. The number of H-pyrrole nitrogens is 1. The number of hydrogen-bond acceptors (Lipinski definition) is 3. The fourth-order valence-corrected chi connectivity index (χ4v) is 2.34. The minimum absolute atomic E-state index is 0.161. The molecular weight excluding hydrogens is 228 g/mol. The maximum Gasteiger partial charge on any atom is 0.224 e. The fraction of sp³-hybridized carbons (Fsp3) is 0.692. The number of nitrogens with zero attached hydrogens (tertiary/aromatic N) is 1. The van der Waals surface area contributed by atoms with Gasteiger partial charge in [-0.2, -0.15) is 5.10 Å². The standard InChI is InChI=1S/C13H22N4O/c1-10-11(9-16-17-10)4-3-7-15-13(18)12-5-2-6-14-8-12/h9,12,14H,2-8H2,1H3,(H,15,18)(H,16,17). The lowest BCUT2D eigenvalue weighted by molar-refractivity contribution is -0.125. The van der Waals surface area contributed by atoms with Crippen LogP contribution >= 0.6 is 0 Å². The van der Waals surface area contributed by atoms with Gasteiger partial charge >= 0.3 is 0 Å². The van der Waals surface area contributed by atoms with Gasteiger partial charge in [0.2, 0.25) is 5.91 Å². The lowest BCUT2D eigenvalue weighted by Gasteiger charge is -2.21. The van der Waals surface area contributed by atoms with Crippen molar-refractivity contribution in [2.45, 2.75) is 32.6 Å². The molecule has 2 heterocycles. The molecule has 0 bridgehead atoms. The van der Waals surface area contributed by atoms with Crippen molar-refractivity contribution in [2.24, 2.45) is 5.92 Å². The number of aromatic amines is 1. The third-order valence-electron chi connectivity index (χ3n) is 3.52. The summed E-state index contributed by atoms with van der Waals surface area (Å²) in [5.41, 5.74) is 2.36. The zero-order valence-corrected chi connectivity index (χ0v) is 11.0. The molecule has 0 saturated carbocycles. The minimum atomic E-state index is 0.161. The summed E-state index contributed by atoms with van der Waals surface area (Å²) in [7, 11) is 0. The van der Waals surface area contributed by atoms with E-state index in [-0.39, 0.29) is 11.8 Å². The monoisotopic (exact) mass is 250 g/mol. The zero-order valence-electron chi connectivity index (χ0n) is 11.0. The first kappa shape index (κ1) is 13.1. The first-order chi connectivity index (χ1) is 8.77. The Bertz CT molecular complexity index is 382. The van der Waals surface area contributed by atoms with E-state index >= 15 is 0 Å². The summed E-state index contributed by atoms with van der Waals surface area (Å²) in [5.74, 6) is 0.362. The van der Waals surface area contributed by atoms with Gasteiger partial charge in [0, 0.05) is 18.8 Å². The number of hydrogen-bond donors (Lipinski definition) is 3. The van der Waals surface area contributed by atoms with Crippen LogP contribution in [0.15, 0.2) is 6.20 Å². The van der Waals surface area contributed by atoms with Gasteiger partial charge in [-0.1, -0.05) is 0 Å². The summed E-state index contributed by atoms with van der Waals surface area (Å²) in [6.07, 6.45) is 5.91. The molecule has 2 rings (SSSR count). The lowest BCUT2D eigenvalue weighted by atomic mass is 9.99. The topological polar surface area (TPSA) is 69.8 Å². The van der Waals surface area contributed by atoms with Crippen LogP contribution in [0.1, 0.15) is 30.5 Å². The van der Waals surface area contributed by atoms with Gasteiger partial charge < -0.3 is 10.6 Å². The SMILES string of the molecule is Cc1[nH]ncc1CCCNC(=O)C1CCCNC1. The highest BCUT2D eigenvalue weighted by Gasteiger charge is 2.19. The first-order valence-corrected chi connectivity index (χ1v) is 6.74. The number of aryl methyl sites for hydroxylation is 2. The van der Waals surface area contributed by atoms with E-state index < -0.39 is 0 Å². The number of piperidine rings is 1. The van der Waals surface area contributed by atoms with Crippen LogP contribution in [0.2, 0.25) is 0 Å². The van der Waals surface area contributed by atoms with Gasteiger partial charge in [0.05, 0.1) is 12.1 Å². The molecule has 18 heavy (non-hydrogen) atoms. The molecule has 1 unspecified atom stereocenters. The van der Waals surface area contributed by atoms with Crippen LogP contribution in [0.25, 0.3) is 0 Å². The van der Waals surface area contributed by atoms with E-state index in [4.69, 9.17) is 0 Å². The third kappa shape index (κ3) is 3.57. The Kier molecular flexibility index (Phi) is 4.75. The van der Waals surface area contributed by atoms with Gasteiger partial charge in [0.15, 0.2) is 0 Å². The van der Waals surface area contributed by atoms with Gasteiger partial charge in [0.25, 0.3) is 0 Å². The van der Waals surface area contributed by atoms with E-state index in [2.05, 4.69) is 20.8 Å². The third-order valence-corrected chi connectivity index (χ3v) is 3.52. The van der Waals surface area contributed by atoms with Crippen LogP contribution in [-0.4, -0.2) is 35.7 Å². The average molecular weight is 250 g/mol. The van der Waals surface area contributed by atoms with Crippen molar-refractivity contribution in [1.29, 1.82) is 0 Å². The molecule has 1 fully saturated rings. The number of rotatable bonds is 5. The molecule has 1 aromatic rings. The van der Waals surface area contributed by atoms with Crippen LogP contribution < -0.4 is 10.6 Å². The Morgan fingerprint density at radius 1 is 1.61 bits per heavy atom. The van der Waals surface area contributed by atoms with Crippen LogP contribution in [0, 0.1) is 12.8 Å². The molecule has 1 saturated heterocycles. The highest BCUT2D eigenvalue weighted by atomic mass is 16.1. The van der Waals surface area contributed by atoms with Gasteiger partial charge in [0.1, 0.15) is 0 Å². The number of nitrogens with one attached hydrogen (secondary N) is 3. The Morgan fingerprint density at radius 3 is 3.17 bits per heavy atom. The fourth-order valence-electron chi connectivity index (χ4n) is 2.34. The van der Waals surface area contributed by atoms with Crippen molar-refractivity contribution in [3.05, 3.63) is 17.5 Å². The number of carbonyl (C=O) groups excluding carboxylic acids is 1. The van der Waals surface area contributed by atoms with Crippen molar-refractivity contribution in [3.8, 4) is 0 Å². The van der Waals surface area contributed by atoms with E-state index in [0.29, 0.717) is 0 Å². The van der Waals surface area contributed by atoms with Crippen molar-refractivity contribution in [2.75, 3.05) is 19.6 Å². The molecule has 0 radical (unpaired) electrons. The molecule has 1 aliphatic rings. The second-order valence-corrected chi connectivity index (χ2v) is 4.96. The van der Waals surface area contributed by atoms with Crippen LogP contribution in [0.3, 0.4) is 0 Å². The van der Waals surface area contributed by atoms with Crippen molar-refractivity contribution >= 4 is 5.91 Å². The Labute approximate surface area is 108 Å². The smallest absolute Gasteiger partial charge is 0.224 e. The summed E-state index contributed by atoms with van der Waals surface area (Å²) >= 11 is 0. The molecule has 100 valence electrons. The molecule has 0 aliphatic carbocycles. The van der Waals surface area contributed by atoms with E-state index in [1.807, 2.05) is 13.1 Å². The number of amides is 1. The molecule has 1 aromatic heterocycles. The highest BCUT2D eigenvalue weighted by Crippen LogP contribution is 2.10. The van der Waals surface area contributed by atoms with Crippen molar-refractivity contribution in [1.82, 2.24) is 20.8 Å². The quantitative estimate of drug-likeness (QED) is 0.676. The Hall–Kier alpha value is -1.36. The van der Waals surface area contributed by atoms with Crippen molar-refractivity contribution < 1.29 is 4.79 Å². The van der Waals surface area contributed by atoms with E-state index in [9.17, 15) is 4.79 Å². The molecule has 5 heteroatoms. The highest BCUT2D eigenvalue weighted by molar-refractivity contribution is 5.78. The van der Waals surface area contributed by atoms with Gasteiger partial charge in [-0.05, 0) is 44.7 Å². The second-order valence-electron chi connectivity index (χ2n) is 4.96. The minimum Gasteiger partial charge on any atom is -0.356 e. The largest absolute Gasteiger partial charge is 0.356 e. The lowest BCUT2D eigenvalue weighted by Crippen LogP contribution is -2.40. The molecule has 1 atom stereocenters. The summed E-state index contributed by atoms with van der Waals surface area (Å²) in [4.78, 5) is 11.9. The van der Waals surface area contributed by atoms with Gasteiger partial charge in [-0.3, -0.25) is 9.89 Å². The van der Waals surface area contributed by atoms with Crippen molar-refractivity contribution in [3.63, 3.8) is 0 Å².